The zero-order valence-corrected chi connectivity index (χ0v) is 15.8. The molecule has 2 unspecified atom stereocenters. The number of amides is 1. The van der Waals surface area contributed by atoms with Crippen molar-refractivity contribution in [3.8, 4) is 5.75 Å². The lowest BCUT2D eigenvalue weighted by atomic mass is 10.0. The number of nitrogens with two attached hydrogens (primary N) is 1. The zero-order valence-electron chi connectivity index (χ0n) is 13.4. The highest BCUT2D eigenvalue weighted by Crippen LogP contribution is 2.24. The van der Waals surface area contributed by atoms with E-state index in [1.165, 1.54) is 0 Å². The van der Waals surface area contributed by atoms with Crippen LogP contribution in [0.1, 0.15) is 24.9 Å². The van der Waals surface area contributed by atoms with Gasteiger partial charge in [0.1, 0.15) is 11.9 Å². The molecule has 0 fully saturated rings. The van der Waals surface area contributed by atoms with Crippen molar-refractivity contribution in [3.05, 3.63) is 64.6 Å². The summed E-state index contributed by atoms with van der Waals surface area (Å²) in [6, 6.07) is 17.0. The minimum Gasteiger partial charge on any atom is -0.488 e. The topological polar surface area (TPSA) is 64.4 Å². The van der Waals surface area contributed by atoms with Crippen LogP contribution in [0.25, 0.3) is 0 Å². The van der Waals surface area contributed by atoms with Crippen LogP contribution in [0.15, 0.2) is 59.1 Å². The summed E-state index contributed by atoms with van der Waals surface area (Å²) < 4.78 is 6.69. The highest BCUT2D eigenvalue weighted by atomic mass is 79.9. The SMILES string of the molecule is CC(CNC(=O)CC(N)c1ccccc1)Oc1ccccc1Br.Cl. The van der Waals surface area contributed by atoms with Gasteiger partial charge in [0.05, 0.1) is 11.0 Å². The standard InChI is InChI=1S/C18H21BrN2O2.ClH/c1-13(23-17-10-6-5-9-15(17)19)12-21-18(22)11-16(20)14-7-3-2-4-8-14;/h2-10,13,16H,11-12,20H2,1H3,(H,21,22);1H. The van der Waals surface area contributed by atoms with E-state index in [-0.39, 0.29) is 36.9 Å². The number of rotatable bonds is 7. The molecule has 0 aromatic heterocycles. The molecule has 130 valence electrons. The van der Waals surface area contributed by atoms with Crippen molar-refractivity contribution < 1.29 is 9.53 Å². The fourth-order valence-electron chi connectivity index (χ4n) is 2.15. The van der Waals surface area contributed by atoms with Gasteiger partial charge >= 0.3 is 0 Å². The quantitative estimate of drug-likeness (QED) is 0.725. The van der Waals surface area contributed by atoms with Gasteiger partial charge < -0.3 is 15.8 Å². The maximum atomic E-state index is 12.0. The molecule has 2 aromatic carbocycles. The summed E-state index contributed by atoms with van der Waals surface area (Å²) in [6.07, 6.45) is 0.122. The number of para-hydroxylation sites is 1. The maximum absolute atomic E-state index is 12.0. The largest absolute Gasteiger partial charge is 0.488 e. The minimum atomic E-state index is -0.296. The van der Waals surface area contributed by atoms with Crippen molar-refractivity contribution in [1.82, 2.24) is 5.32 Å². The fraction of sp³-hybridized carbons (Fsp3) is 0.278. The molecule has 0 saturated carbocycles. The normalized spacial score (nSPS) is 12.6. The summed E-state index contributed by atoms with van der Waals surface area (Å²) in [5.74, 6) is 0.680. The average molecular weight is 414 g/mol. The third-order valence-corrected chi connectivity index (χ3v) is 4.04. The fourth-order valence-corrected chi connectivity index (χ4v) is 2.52. The minimum absolute atomic E-state index is 0. The Morgan fingerprint density at radius 1 is 1.17 bits per heavy atom. The first kappa shape index (κ1) is 20.5. The highest BCUT2D eigenvalue weighted by Gasteiger charge is 2.13. The molecule has 1 amide bonds. The number of hydrogen-bond donors (Lipinski definition) is 2. The first-order valence-corrected chi connectivity index (χ1v) is 8.34. The van der Waals surface area contributed by atoms with Crippen LogP contribution in [0, 0.1) is 0 Å². The van der Waals surface area contributed by atoms with E-state index in [0.717, 1.165) is 15.8 Å². The lowest BCUT2D eigenvalue weighted by molar-refractivity contribution is -0.121. The molecule has 0 radical (unpaired) electrons. The van der Waals surface area contributed by atoms with Gasteiger partial charge in [0, 0.05) is 12.5 Å². The van der Waals surface area contributed by atoms with E-state index in [4.69, 9.17) is 10.5 Å². The molecule has 2 atom stereocenters. The van der Waals surface area contributed by atoms with Crippen LogP contribution in [0.4, 0.5) is 0 Å². The Morgan fingerprint density at radius 3 is 2.46 bits per heavy atom. The monoisotopic (exact) mass is 412 g/mol. The zero-order chi connectivity index (χ0) is 16.7. The number of hydrogen-bond acceptors (Lipinski definition) is 3. The molecule has 0 spiro atoms. The van der Waals surface area contributed by atoms with Gasteiger partial charge in [-0.05, 0) is 40.5 Å². The first-order valence-electron chi connectivity index (χ1n) is 7.54. The molecular weight excluding hydrogens is 392 g/mol. The molecule has 0 aliphatic carbocycles. The van der Waals surface area contributed by atoms with E-state index < -0.39 is 0 Å². The maximum Gasteiger partial charge on any atom is 0.222 e. The summed E-state index contributed by atoms with van der Waals surface area (Å²) >= 11 is 3.43. The Labute approximate surface area is 157 Å². The molecule has 0 aliphatic rings. The van der Waals surface area contributed by atoms with Crippen molar-refractivity contribution >= 4 is 34.2 Å². The van der Waals surface area contributed by atoms with Gasteiger partial charge in [-0.25, -0.2) is 0 Å². The van der Waals surface area contributed by atoms with Crippen molar-refractivity contribution in [1.29, 1.82) is 0 Å². The molecule has 0 bridgehead atoms. The Hall–Kier alpha value is -1.56. The van der Waals surface area contributed by atoms with Crippen LogP contribution in [0.5, 0.6) is 5.75 Å². The van der Waals surface area contributed by atoms with Crippen molar-refractivity contribution in [2.75, 3.05) is 6.54 Å². The van der Waals surface area contributed by atoms with Gasteiger partial charge in [-0.3, -0.25) is 4.79 Å². The van der Waals surface area contributed by atoms with E-state index >= 15 is 0 Å². The van der Waals surface area contributed by atoms with Gasteiger partial charge in [-0.1, -0.05) is 42.5 Å². The van der Waals surface area contributed by atoms with Gasteiger partial charge in [0.25, 0.3) is 0 Å². The number of benzene rings is 2. The number of carbonyl (C=O) groups is 1. The number of halogens is 2. The van der Waals surface area contributed by atoms with E-state index in [9.17, 15) is 4.79 Å². The van der Waals surface area contributed by atoms with E-state index in [2.05, 4.69) is 21.2 Å². The molecule has 3 N–H and O–H groups in total. The van der Waals surface area contributed by atoms with E-state index in [1.807, 2.05) is 61.5 Å². The third-order valence-electron chi connectivity index (χ3n) is 3.38. The second-order valence-corrected chi connectivity index (χ2v) is 6.24. The van der Waals surface area contributed by atoms with Gasteiger partial charge in [-0.15, -0.1) is 12.4 Å². The van der Waals surface area contributed by atoms with Gasteiger partial charge in [0.2, 0.25) is 5.91 Å². The lowest BCUT2D eigenvalue weighted by Gasteiger charge is -2.17. The Kier molecular flexibility index (Phi) is 8.82. The summed E-state index contributed by atoms with van der Waals surface area (Å²) in [5, 5.41) is 2.86. The third kappa shape index (κ3) is 6.51. The Morgan fingerprint density at radius 2 is 1.79 bits per heavy atom. The number of ether oxygens (including phenoxy) is 1. The van der Waals surface area contributed by atoms with Crippen molar-refractivity contribution in [2.24, 2.45) is 5.73 Å². The smallest absolute Gasteiger partial charge is 0.222 e. The first-order chi connectivity index (χ1) is 11.1. The van der Waals surface area contributed by atoms with Crippen LogP contribution in [0.2, 0.25) is 0 Å². The molecule has 0 heterocycles. The van der Waals surface area contributed by atoms with Crippen molar-refractivity contribution in [2.45, 2.75) is 25.5 Å². The summed E-state index contributed by atoms with van der Waals surface area (Å²) in [4.78, 5) is 12.0. The number of carbonyl (C=O) groups excluding carboxylic acids is 1. The molecular formula is C18H22BrClN2O2. The van der Waals surface area contributed by atoms with Gasteiger partial charge in [0.15, 0.2) is 0 Å². The molecule has 6 heteroatoms. The average Bonchev–Trinajstić information content (AvgIpc) is 2.56. The Balaban J connectivity index is 0.00000288. The van der Waals surface area contributed by atoms with Crippen LogP contribution in [-0.4, -0.2) is 18.6 Å². The van der Waals surface area contributed by atoms with E-state index in [1.54, 1.807) is 0 Å². The Bertz CT molecular complexity index is 640. The van der Waals surface area contributed by atoms with Gasteiger partial charge in [-0.2, -0.15) is 0 Å². The molecule has 4 nitrogen and oxygen atoms in total. The summed E-state index contributed by atoms with van der Waals surface area (Å²) in [5.41, 5.74) is 7.01. The highest BCUT2D eigenvalue weighted by molar-refractivity contribution is 9.10. The van der Waals surface area contributed by atoms with Crippen LogP contribution >= 0.6 is 28.3 Å². The number of nitrogens with one attached hydrogen (secondary N) is 1. The second kappa shape index (κ2) is 10.3. The summed E-state index contributed by atoms with van der Waals surface area (Å²) in [6.45, 7) is 2.35. The van der Waals surface area contributed by atoms with Crippen LogP contribution in [0.3, 0.4) is 0 Å². The summed E-state index contributed by atoms with van der Waals surface area (Å²) in [7, 11) is 0. The molecule has 2 rings (SSSR count). The second-order valence-electron chi connectivity index (χ2n) is 5.38. The van der Waals surface area contributed by atoms with Crippen LogP contribution < -0.4 is 15.8 Å². The van der Waals surface area contributed by atoms with Crippen molar-refractivity contribution in [3.63, 3.8) is 0 Å². The molecule has 0 aliphatic heterocycles. The molecule has 0 saturated heterocycles. The molecule has 24 heavy (non-hydrogen) atoms. The lowest BCUT2D eigenvalue weighted by Crippen LogP contribution is -2.35. The van der Waals surface area contributed by atoms with Crippen LogP contribution in [-0.2, 0) is 4.79 Å². The van der Waals surface area contributed by atoms with E-state index in [0.29, 0.717) is 6.54 Å². The molecule has 2 aromatic rings. The predicted octanol–water partition coefficient (Wildman–Crippen LogP) is 3.84. The predicted molar refractivity (Wildman–Crippen MR) is 102 cm³/mol.